The molecule has 5 aliphatic heterocycles. The third-order valence-corrected chi connectivity index (χ3v) is 11.9. The highest BCUT2D eigenvalue weighted by Gasteiger charge is 2.45. The van der Waals surface area contributed by atoms with Gasteiger partial charge in [0.15, 0.2) is 6.10 Å². The van der Waals surface area contributed by atoms with Gasteiger partial charge in [-0.15, -0.1) is 0 Å². The summed E-state index contributed by atoms with van der Waals surface area (Å²) >= 11 is 6.13. The summed E-state index contributed by atoms with van der Waals surface area (Å²) in [5.41, 5.74) is 5.92. The van der Waals surface area contributed by atoms with Gasteiger partial charge in [0.2, 0.25) is 0 Å². The Morgan fingerprint density at radius 3 is 2.31 bits per heavy atom. The molecule has 4 amide bonds. The highest BCUT2D eigenvalue weighted by molar-refractivity contribution is 6.33. The molecule has 3 N–H and O–H groups in total. The number of piperidine rings is 2. The third-order valence-electron chi connectivity index (χ3n) is 11.5. The Hall–Kier alpha value is -3.75. The number of alkyl halides is 3. The lowest BCUT2D eigenvalue weighted by molar-refractivity contribution is -0.142. The first kappa shape index (κ1) is 35.6. The van der Waals surface area contributed by atoms with Gasteiger partial charge in [-0.05, 0) is 74.9 Å². The summed E-state index contributed by atoms with van der Waals surface area (Å²) in [5, 5.41) is 2.71. The summed E-state index contributed by atoms with van der Waals surface area (Å²) in [4.78, 5) is 50.7. The maximum Gasteiger partial charge on any atom is 0.418 e. The molecule has 3 unspecified atom stereocenters. The fourth-order valence-corrected chi connectivity index (χ4v) is 8.92. The van der Waals surface area contributed by atoms with Crippen LogP contribution < -0.4 is 11.1 Å². The van der Waals surface area contributed by atoms with Crippen molar-refractivity contribution in [3.05, 3.63) is 58.1 Å². The van der Waals surface area contributed by atoms with Crippen LogP contribution in [-0.4, -0.2) is 126 Å². The lowest BCUT2D eigenvalue weighted by atomic mass is 9.99. The number of carbonyl (C=O) groups is 3. The number of piperazine rings is 1. The average molecular weight is 732 g/mol. The molecule has 276 valence electrons. The second kappa shape index (κ2) is 14.3. The predicted molar refractivity (Wildman–Crippen MR) is 186 cm³/mol. The number of urea groups is 1. The number of halogens is 4. The smallest absolute Gasteiger partial charge is 0.418 e. The Labute approximate surface area is 300 Å². The van der Waals surface area contributed by atoms with E-state index in [9.17, 15) is 27.6 Å². The maximum absolute atomic E-state index is 14.1. The number of hydrogen-bond donors (Lipinski definition) is 2. The van der Waals surface area contributed by atoms with E-state index in [1.807, 2.05) is 29.2 Å². The van der Waals surface area contributed by atoms with Crippen LogP contribution >= 0.6 is 11.6 Å². The largest absolute Gasteiger partial charge is 0.436 e. The summed E-state index contributed by atoms with van der Waals surface area (Å²) < 4.78 is 47.4. The van der Waals surface area contributed by atoms with Gasteiger partial charge in [0.25, 0.3) is 5.91 Å². The molecular weight excluding hydrogens is 687 g/mol. The van der Waals surface area contributed by atoms with Crippen molar-refractivity contribution < 1.29 is 32.3 Å². The SMILES string of the molecule is CN1CC2CC1CN2C1CCN(C(=O)C(Cc2cc(Cl)c(N)c(C(F)(F)F)c2)OC(=O)N2CCC(N3CCc4ccccc4NC3=O)CC2)CC1. The fourth-order valence-electron chi connectivity index (χ4n) is 8.68. The van der Waals surface area contributed by atoms with Gasteiger partial charge in [-0.3, -0.25) is 9.69 Å². The van der Waals surface area contributed by atoms with Crippen LogP contribution in [0.1, 0.15) is 48.8 Å². The minimum absolute atomic E-state index is 0.0895. The van der Waals surface area contributed by atoms with Gasteiger partial charge in [0.1, 0.15) is 0 Å². The van der Waals surface area contributed by atoms with E-state index in [4.69, 9.17) is 22.1 Å². The van der Waals surface area contributed by atoms with Crippen LogP contribution in [0.25, 0.3) is 0 Å². The number of nitrogens with one attached hydrogen (secondary N) is 1. The topological polar surface area (TPSA) is 115 Å². The molecule has 2 aromatic rings. The Bertz CT molecular complexity index is 1640. The van der Waals surface area contributed by atoms with Gasteiger partial charge in [-0.2, -0.15) is 13.2 Å². The van der Waals surface area contributed by atoms with Gasteiger partial charge in [-0.25, -0.2) is 9.59 Å². The average Bonchev–Trinajstić information content (AvgIpc) is 3.64. The number of amides is 4. The first-order valence-electron chi connectivity index (χ1n) is 17.9. The first-order valence-corrected chi connectivity index (χ1v) is 18.2. The number of fused-ring (bicyclic) bond motifs is 3. The van der Waals surface area contributed by atoms with Crippen molar-refractivity contribution in [2.45, 2.75) is 81.4 Å². The number of nitrogens with zero attached hydrogens (tertiary/aromatic N) is 5. The highest BCUT2D eigenvalue weighted by Crippen LogP contribution is 2.39. The molecule has 3 atom stereocenters. The van der Waals surface area contributed by atoms with E-state index in [0.717, 1.165) is 49.7 Å². The number of benzene rings is 2. The molecule has 51 heavy (non-hydrogen) atoms. The Kier molecular flexibility index (Phi) is 10.0. The number of anilines is 2. The van der Waals surface area contributed by atoms with Gasteiger partial charge in [0, 0.05) is 82.1 Å². The van der Waals surface area contributed by atoms with E-state index in [1.165, 1.54) is 11.0 Å². The summed E-state index contributed by atoms with van der Waals surface area (Å²) in [5.74, 6) is -0.443. The van der Waals surface area contributed by atoms with E-state index in [-0.39, 0.29) is 29.1 Å². The number of hydrogen-bond acceptors (Lipinski definition) is 7. The van der Waals surface area contributed by atoms with Crippen molar-refractivity contribution in [1.29, 1.82) is 0 Å². The number of nitrogen functional groups attached to an aromatic ring is 1. The number of likely N-dealkylation sites (N-methyl/N-ethyl adjacent to an activating group) is 1. The van der Waals surface area contributed by atoms with Crippen molar-refractivity contribution in [1.82, 2.24) is 24.5 Å². The van der Waals surface area contributed by atoms with Crippen molar-refractivity contribution in [3.8, 4) is 0 Å². The number of carbonyl (C=O) groups excluding carboxylic acids is 3. The van der Waals surface area contributed by atoms with Gasteiger partial charge < -0.3 is 35.4 Å². The van der Waals surface area contributed by atoms with Crippen LogP contribution in [0.3, 0.4) is 0 Å². The van der Waals surface area contributed by atoms with Crippen molar-refractivity contribution in [3.63, 3.8) is 0 Å². The molecule has 2 aromatic carbocycles. The van der Waals surface area contributed by atoms with Crippen LogP contribution in [0.4, 0.5) is 34.1 Å². The van der Waals surface area contributed by atoms with E-state index < -0.39 is 35.5 Å². The third kappa shape index (κ3) is 7.45. The number of likely N-dealkylation sites (tertiary alicyclic amines) is 4. The fraction of sp³-hybridized carbons (Fsp3) is 0.583. The summed E-state index contributed by atoms with van der Waals surface area (Å²) in [7, 11) is 2.16. The minimum atomic E-state index is -4.76. The molecule has 0 saturated carbocycles. The zero-order valence-corrected chi connectivity index (χ0v) is 29.5. The predicted octanol–water partition coefficient (Wildman–Crippen LogP) is 4.92. The first-order chi connectivity index (χ1) is 24.4. The van der Waals surface area contributed by atoms with Gasteiger partial charge in [-0.1, -0.05) is 29.8 Å². The molecule has 2 bridgehead atoms. The minimum Gasteiger partial charge on any atom is -0.436 e. The molecule has 0 aliphatic carbocycles. The quantitative estimate of drug-likeness (QED) is 0.406. The number of para-hydroxylation sites is 1. The number of nitrogens with two attached hydrogens (primary N) is 1. The van der Waals surface area contributed by atoms with E-state index in [0.29, 0.717) is 70.1 Å². The van der Waals surface area contributed by atoms with Crippen molar-refractivity contribution in [2.75, 3.05) is 63.9 Å². The molecule has 0 spiro atoms. The van der Waals surface area contributed by atoms with Crippen molar-refractivity contribution >= 4 is 41.0 Å². The van der Waals surface area contributed by atoms with E-state index in [2.05, 4.69) is 22.2 Å². The second-order valence-electron chi connectivity index (χ2n) is 14.6. The standard InChI is InChI=1S/C36H45ClF3N7O4/c1-43-20-27-19-26(43)21-47(27)25-7-11-44(12-8-25)33(48)31(18-22-16-28(36(38,39)40)32(41)29(37)17-22)51-35(50)45-13-9-24(10-14-45)46-15-6-23-4-2-3-5-30(23)42-34(46)49/h2-5,16-17,24-27,31H,6-15,18-21,41H2,1H3,(H,42,49). The van der Waals surface area contributed by atoms with Crippen LogP contribution in [0.15, 0.2) is 36.4 Å². The molecule has 11 nitrogen and oxygen atoms in total. The van der Waals surface area contributed by atoms with Crippen LogP contribution in [0.2, 0.25) is 5.02 Å². The molecular formula is C36H45ClF3N7O4. The summed E-state index contributed by atoms with van der Waals surface area (Å²) in [6, 6.07) is 11.0. The molecule has 0 aromatic heterocycles. The summed E-state index contributed by atoms with van der Waals surface area (Å²) in [6.07, 6.45) is -2.69. The number of rotatable bonds is 6. The second-order valence-corrected chi connectivity index (χ2v) is 15.0. The molecule has 5 aliphatic rings. The molecule has 0 radical (unpaired) electrons. The van der Waals surface area contributed by atoms with Crippen LogP contribution in [0, 0.1) is 0 Å². The van der Waals surface area contributed by atoms with E-state index in [1.54, 1.807) is 4.90 Å². The maximum atomic E-state index is 14.1. The van der Waals surface area contributed by atoms with Crippen LogP contribution in [-0.2, 0) is 28.5 Å². The lowest BCUT2D eigenvalue weighted by Crippen LogP contribution is -2.55. The molecule has 5 heterocycles. The molecule has 15 heteroatoms. The molecule has 7 rings (SSSR count). The summed E-state index contributed by atoms with van der Waals surface area (Å²) in [6.45, 7) is 4.13. The van der Waals surface area contributed by atoms with Crippen molar-refractivity contribution in [2.24, 2.45) is 0 Å². The van der Waals surface area contributed by atoms with Gasteiger partial charge in [0.05, 0.1) is 16.3 Å². The zero-order chi connectivity index (χ0) is 36.0. The molecule has 4 saturated heterocycles. The Morgan fingerprint density at radius 2 is 1.65 bits per heavy atom. The Balaban J connectivity index is 1.02. The van der Waals surface area contributed by atoms with E-state index >= 15 is 0 Å². The Morgan fingerprint density at radius 1 is 0.961 bits per heavy atom. The van der Waals surface area contributed by atoms with Gasteiger partial charge >= 0.3 is 18.3 Å². The zero-order valence-electron chi connectivity index (χ0n) is 28.7. The monoisotopic (exact) mass is 731 g/mol. The normalized spacial score (nSPS) is 24.3. The number of ether oxygens (including phenoxy) is 1. The molecule has 4 fully saturated rings. The lowest BCUT2D eigenvalue weighted by Gasteiger charge is -2.42. The highest BCUT2D eigenvalue weighted by atomic mass is 35.5. The van der Waals surface area contributed by atoms with Crippen LogP contribution in [0.5, 0.6) is 0 Å².